The second kappa shape index (κ2) is 8.41. The van der Waals surface area contributed by atoms with E-state index in [4.69, 9.17) is 0 Å². The van der Waals surface area contributed by atoms with Crippen LogP contribution in [-0.2, 0) is 16.0 Å². The highest BCUT2D eigenvalue weighted by Crippen LogP contribution is 2.22. The molecule has 0 radical (unpaired) electrons. The molecule has 30 heavy (non-hydrogen) atoms. The van der Waals surface area contributed by atoms with E-state index in [9.17, 15) is 19.5 Å². The van der Waals surface area contributed by atoms with Gasteiger partial charge < -0.3 is 20.3 Å². The fraction of sp³-hybridized carbons (Fsp3) is 0.261. The van der Waals surface area contributed by atoms with Crippen molar-refractivity contribution in [3.05, 3.63) is 65.9 Å². The van der Waals surface area contributed by atoms with Crippen LogP contribution in [0.5, 0.6) is 0 Å². The molecule has 1 aliphatic heterocycles. The Labute approximate surface area is 173 Å². The van der Waals surface area contributed by atoms with Crippen molar-refractivity contribution >= 4 is 34.4 Å². The SMILES string of the molecule is O=C(N[C@H](Cc1c[nH]c2ccccc12)C(=O)O)c1ccc(N2CCCCC2=O)cc1. The molecular formula is C23H23N3O4. The summed E-state index contributed by atoms with van der Waals surface area (Å²) in [6.07, 6.45) is 4.35. The first-order valence-electron chi connectivity index (χ1n) is 10.0. The first-order chi connectivity index (χ1) is 14.5. The molecule has 0 saturated carbocycles. The highest BCUT2D eigenvalue weighted by Gasteiger charge is 2.23. The summed E-state index contributed by atoms with van der Waals surface area (Å²) in [5.41, 5.74) is 2.86. The number of aromatic nitrogens is 1. The van der Waals surface area contributed by atoms with E-state index >= 15 is 0 Å². The van der Waals surface area contributed by atoms with Crippen LogP contribution in [-0.4, -0.2) is 40.5 Å². The zero-order chi connectivity index (χ0) is 21.1. The number of H-pyrrole nitrogens is 1. The fourth-order valence-electron chi connectivity index (χ4n) is 3.83. The highest BCUT2D eigenvalue weighted by molar-refractivity contribution is 5.98. The second-order valence-electron chi connectivity index (χ2n) is 7.48. The maximum atomic E-state index is 12.6. The van der Waals surface area contributed by atoms with Crippen molar-refractivity contribution in [1.82, 2.24) is 10.3 Å². The number of carboxylic acids is 1. The smallest absolute Gasteiger partial charge is 0.326 e. The zero-order valence-electron chi connectivity index (χ0n) is 16.4. The molecule has 0 spiro atoms. The zero-order valence-corrected chi connectivity index (χ0v) is 16.4. The van der Waals surface area contributed by atoms with Gasteiger partial charge in [-0.2, -0.15) is 0 Å². The average molecular weight is 405 g/mol. The second-order valence-corrected chi connectivity index (χ2v) is 7.48. The van der Waals surface area contributed by atoms with Crippen molar-refractivity contribution < 1.29 is 19.5 Å². The molecule has 154 valence electrons. The molecule has 1 atom stereocenters. The number of amides is 2. The molecule has 2 heterocycles. The van der Waals surface area contributed by atoms with Crippen molar-refractivity contribution in [1.29, 1.82) is 0 Å². The van der Waals surface area contributed by atoms with E-state index in [0.717, 1.165) is 35.0 Å². The highest BCUT2D eigenvalue weighted by atomic mass is 16.4. The van der Waals surface area contributed by atoms with Crippen LogP contribution < -0.4 is 10.2 Å². The van der Waals surface area contributed by atoms with Gasteiger partial charge in [0.2, 0.25) is 5.91 Å². The quantitative estimate of drug-likeness (QED) is 0.586. The van der Waals surface area contributed by atoms with E-state index in [1.807, 2.05) is 24.3 Å². The predicted molar refractivity (Wildman–Crippen MR) is 114 cm³/mol. The molecule has 1 saturated heterocycles. The minimum Gasteiger partial charge on any atom is -0.480 e. The number of fused-ring (bicyclic) bond motifs is 1. The summed E-state index contributed by atoms with van der Waals surface area (Å²) in [5, 5.41) is 13.2. The van der Waals surface area contributed by atoms with Crippen LogP contribution in [0, 0.1) is 0 Å². The summed E-state index contributed by atoms with van der Waals surface area (Å²) < 4.78 is 0. The van der Waals surface area contributed by atoms with Gasteiger partial charge in [0.1, 0.15) is 6.04 Å². The van der Waals surface area contributed by atoms with Crippen molar-refractivity contribution in [3.63, 3.8) is 0 Å². The summed E-state index contributed by atoms with van der Waals surface area (Å²) >= 11 is 0. The average Bonchev–Trinajstić information content (AvgIpc) is 3.16. The summed E-state index contributed by atoms with van der Waals surface area (Å²) in [6.45, 7) is 0.677. The maximum Gasteiger partial charge on any atom is 0.326 e. The van der Waals surface area contributed by atoms with Gasteiger partial charge in [-0.15, -0.1) is 0 Å². The molecule has 1 aliphatic rings. The summed E-state index contributed by atoms with van der Waals surface area (Å²) in [4.78, 5) is 41.3. The van der Waals surface area contributed by atoms with Crippen LogP contribution >= 0.6 is 0 Å². The van der Waals surface area contributed by atoms with Gasteiger partial charge in [0, 0.05) is 47.7 Å². The number of aromatic amines is 1. The third kappa shape index (κ3) is 4.05. The number of para-hydroxylation sites is 1. The standard InChI is InChI=1S/C23H23N3O4/c27-21-7-3-4-12-26(21)17-10-8-15(9-11-17)22(28)25-20(23(29)30)13-16-14-24-19-6-2-1-5-18(16)19/h1-2,5-6,8-11,14,20,24H,3-4,7,12-13H2,(H,25,28)(H,29,30)/t20-/m1/s1. The minimum atomic E-state index is -1.09. The number of piperidine rings is 1. The number of benzene rings is 2. The molecule has 1 fully saturated rings. The molecule has 2 aromatic carbocycles. The van der Waals surface area contributed by atoms with E-state index in [1.165, 1.54) is 0 Å². The van der Waals surface area contributed by atoms with Crippen molar-refractivity contribution in [3.8, 4) is 0 Å². The van der Waals surface area contributed by atoms with Crippen LogP contribution in [0.15, 0.2) is 54.7 Å². The summed E-state index contributed by atoms with van der Waals surface area (Å²) in [7, 11) is 0. The Morgan fingerprint density at radius 3 is 2.60 bits per heavy atom. The third-order valence-electron chi connectivity index (χ3n) is 5.47. The van der Waals surface area contributed by atoms with Gasteiger partial charge in [-0.1, -0.05) is 18.2 Å². The molecule has 0 bridgehead atoms. The number of hydrogen-bond donors (Lipinski definition) is 3. The van der Waals surface area contributed by atoms with Gasteiger partial charge in [-0.3, -0.25) is 9.59 Å². The van der Waals surface area contributed by atoms with E-state index in [0.29, 0.717) is 18.5 Å². The van der Waals surface area contributed by atoms with Gasteiger partial charge in [-0.25, -0.2) is 4.79 Å². The minimum absolute atomic E-state index is 0.0862. The van der Waals surface area contributed by atoms with Gasteiger partial charge in [0.25, 0.3) is 5.91 Å². The van der Waals surface area contributed by atoms with Crippen LogP contribution in [0.1, 0.15) is 35.2 Å². The Bertz CT molecular complexity index is 1090. The Balaban J connectivity index is 1.46. The Hall–Kier alpha value is -3.61. The topological polar surface area (TPSA) is 102 Å². The number of anilines is 1. The largest absolute Gasteiger partial charge is 0.480 e. The van der Waals surface area contributed by atoms with Crippen LogP contribution in [0.25, 0.3) is 10.9 Å². The maximum absolute atomic E-state index is 12.6. The summed E-state index contributed by atoms with van der Waals surface area (Å²) in [5.74, 6) is -1.47. The van der Waals surface area contributed by atoms with Gasteiger partial charge in [0.05, 0.1) is 0 Å². The normalized spacial score (nSPS) is 15.2. The van der Waals surface area contributed by atoms with Crippen LogP contribution in [0.4, 0.5) is 5.69 Å². The number of rotatable bonds is 6. The molecular weight excluding hydrogens is 382 g/mol. The molecule has 0 aliphatic carbocycles. The van der Waals surface area contributed by atoms with E-state index in [2.05, 4.69) is 10.3 Å². The molecule has 3 aromatic rings. The number of hydrogen-bond acceptors (Lipinski definition) is 3. The lowest BCUT2D eigenvalue weighted by Gasteiger charge is -2.26. The van der Waals surface area contributed by atoms with Gasteiger partial charge >= 0.3 is 5.97 Å². The number of nitrogens with one attached hydrogen (secondary N) is 2. The first kappa shape index (κ1) is 19.7. The van der Waals surface area contributed by atoms with E-state index in [-0.39, 0.29) is 12.3 Å². The molecule has 1 aromatic heterocycles. The first-order valence-corrected chi connectivity index (χ1v) is 10.0. The number of aliphatic carboxylic acids is 1. The number of carbonyl (C=O) groups is 3. The van der Waals surface area contributed by atoms with Crippen molar-refractivity contribution in [2.75, 3.05) is 11.4 Å². The molecule has 4 rings (SSSR count). The van der Waals surface area contributed by atoms with E-state index in [1.54, 1.807) is 35.4 Å². The van der Waals surface area contributed by atoms with Crippen LogP contribution in [0.2, 0.25) is 0 Å². The number of carboxylic acid groups (broad SMARTS) is 1. The lowest BCUT2D eigenvalue weighted by Crippen LogP contribution is -2.42. The molecule has 3 N–H and O–H groups in total. The van der Waals surface area contributed by atoms with Gasteiger partial charge in [-0.05, 0) is 48.7 Å². The Morgan fingerprint density at radius 2 is 1.87 bits per heavy atom. The lowest BCUT2D eigenvalue weighted by molar-refractivity contribution is -0.139. The van der Waals surface area contributed by atoms with Crippen molar-refractivity contribution in [2.24, 2.45) is 0 Å². The predicted octanol–water partition coefficient (Wildman–Crippen LogP) is 3.11. The number of carbonyl (C=O) groups excluding carboxylic acids is 2. The van der Waals surface area contributed by atoms with E-state index < -0.39 is 17.9 Å². The molecule has 7 heteroatoms. The van der Waals surface area contributed by atoms with Crippen molar-refractivity contribution in [2.45, 2.75) is 31.7 Å². The van der Waals surface area contributed by atoms with Crippen LogP contribution in [0.3, 0.4) is 0 Å². The fourth-order valence-corrected chi connectivity index (χ4v) is 3.83. The molecule has 2 amide bonds. The molecule has 0 unspecified atom stereocenters. The lowest BCUT2D eigenvalue weighted by atomic mass is 10.0. The number of nitrogens with zero attached hydrogens (tertiary/aromatic N) is 1. The Morgan fingerprint density at radius 1 is 1.10 bits per heavy atom. The summed E-state index contributed by atoms with van der Waals surface area (Å²) in [6, 6.07) is 13.3. The molecule has 7 nitrogen and oxygen atoms in total. The Kier molecular flexibility index (Phi) is 5.52. The monoisotopic (exact) mass is 405 g/mol. The third-order valence-corrected chi connectivity index (χ3v) is 5.47. The van der Waals surface area contributed by atoms with Gasteiger partial charge in [0.15, 0.2) is 0 Å².